The minimum atomic E-state index is -0.355. The molecule has 0 saturated carbocycles. The first kappa shape index (κ1) is 6.77. The topological polar surface area (TPSA) is 20.2 Å². The van der Waals surface area contributed by atoms with Gasteiger partial charge in [0, 0.05) is 0 Å². The summed E-state index contributed by atoms with van der Waals surface area (Å²) in [6.45, 7) is 0. The van der Waals surface area contributed by atoms with Crippen molar-refractivity contribution in [1.82, 2.24) is 0 Å². The van der Waals surface area contributed by atoms with Crippen LogP contribution in [0.1, 0.15) is 0 Å². The van der Waals surface area contributed by atoms with Gasteiger partial charge in [-0.3, -0.25) is 0 Å². The molecule has 0 heterocycles. The summed E-state index contributed by atoms with van der Waals surface area (Å²) in [5.74, 6) is 0.326. The fraction of sp³-hybridized carbons (Fsp3) is 1.00. The molecule has 3 heteroatoms. The number of halogens is 1. The number of alkyl halides is 1. The van der Waals surface area contributed by atoms with E-state index in [1.165, 1.54) is 0 Å². The molecule has 0 rings (SSSR count). The third kappa shape index (κ3) is 2.98. The Balaban J connectivity index is 2.75. The summed E-state index contributed by atoms with van der Waals surface area (Å²) in [6, 6.07) is 0. The molecule has 0 saturated heterocycles. The first-order chi connectivity index (χ1) is 2.81. The van der Waals surface area contributed by atoms with Crippen LogP contribution in [0.4, 0.5) is 0 Å². The van der Waals surface area contributed by atoms with Gasteiger partial charge >= 0.3 is 50.0 Å². The van der Waals surface area contributed by atoms with E-state index < -0.39 is 0 Å². The SMILES string of the molecule is O[C@@H](CCl)C[Se]. The maximum absolute atomic E-state index is 8.50. The van der Waals surface area contributed by atoms with Crippen LogP contribution in [0.5, 0.6) is 0 Å². The van der Waals surface area contributed by atoms with Crippen LogP contribution in [0.3, 0.4) is 0 Å². The average molecular weight is 172 g/mol. The van der Waals surface area contributed by atoms with Crippen molar-refractivity contribution in [2.75, 3.05) is 5.88 Å². The Kier molecular flexibility index (Phi) is 4.45. The van der Waals surface area contributed by atoms with Crippen LogP contribution in [0, 0.1) is 0 Å². The number of rotatable bonds is 2. The summed E-state index contributed by atoms with van der Waals surface area (Å²) >= 11 is 7.84. The van der Waals surface area contributed by atoms with Crippen LogP contribution in [-0.4, -0.2) is 33.1 Å². The van der Waals surface area contributed by atoms with Crippen LogP contribution >= 0.6 is 11.6 Å². The van der Waals surface area contributed by atoms with Gasteiger partial charge in [0.05, 0.1) is 0 Å². The number of aliphatic hydroxyl groups excluding tert-OH is 1. The van der Waals surface area contributed by atoms with Crippen molar-refractivity contribution in [1.29, 1.82) is 0 Å². The molecule has 0 amide bonds. The normalized spacial score (nSPS) is 14.5. The molecule has 0 bridgehead atoms. The Labute approximate surface area is 50.5 Å². The second-order valence-corrected chi connectivity index (χ2v) is 1.98. The average Bonchev–Trinajstić information content (AvgIpc) is 1.65. The Hall–Kier alpha value is 0.769. The van der Waals surface area contributed by atoms with E-state index in [4.69, 9.17) is 16.7 Å². The van der Waals surface area contributed by atoms with Gasteiger partial charge in [-0.15, -0.1) is 0 Å². The van der Waals surface area contributed by atoms with Crippen LogP contribution in [-0.2, 0) is 0 Å². The van der Waals surface area contributed by atoms with Crippen molar-refractivity contribution in [3.8, 4) is 0 Å². The van der Waals surface area contributed by atoms with Gasteiger partial charge in [0.2, 0.25) is 0 Å². The van der Waals surface area contributed by atoms with Gasteiger partial charge < -0.3 is 0 Å². The summed E-state index contributed by atoms with van der Waals surface area (Å²) in [7, 11) is 0. The van der Waals surface area contributed by atoms with E-state index >= 15 is 0 Å². The Morgan fingerprint density at radius 2 is 2.33 bits per heavy atom. The first-order valence-electron chi connectivity index (χ1n) is 1.63. The second kappa shape index (κ2) is 3.94. The maximum atomic E-state index is 8.50. The van der Waals surface area contributed by atoms with E-state index in [-0.39, 0.29) is 6.10 Å². The van der Waals surface area contributed by atoms with Gasteiger partial charge in [-0.05, 0) is 0 Å². The van der Waals surface area contributed by atoms with E-state index in [0.29, 0.717) is 11.2 Å². The quantitative estimate of drug-likeness (QED) is 0.465. The van der Waals surface area contributed by atoms with E-state index in [1.54, 1.807) is 0 Å². The molecule has 1 N–H and O–H groups in total. The molecule has 0 aromatic heterocycles. The van der Waals surface area contributed by atoms with E-state index in [2.05, 4.69) is 16.0 Å². The van der Waals surface area contributed by atoms with Gasteiger partial charge in [-0.25, -0.2) is 0 Å². The van der Waals surface area contributed by atoms with Crippen LogP contribution < -0.4 is 0 Å². The number of aliphatic hydroxyl groups is 1. The molecule has 0 aromatic carbocycles. The van der Waals surface area contributed by atoms with Crippen molar-refractivity contribution in [3.63, 3.8) is 0 Å². The molecule has 6 heavy (non-hydrogen) atoms. The van der Waals surface area contributed by atoms with Gasteiger partial charge in [0.25, 0.3) is 0 Å². The van der Waals surface area contributed by atoms with Crippen LogP contribution in [0.15, 0.2) is 0 Å². The number of hydrogen-bond donors (Lipinski definition) is 1. The molecular formula is C3H6ClOSe. The third-order valence-corrected chi connectivity index (χ3v) is 1.53. The molecule has 1 nitrogen and oxygen atoms in total. The Morgan fingerprint density at radius 1 is 1.83 bits per heavy atom. The standard InChI is InChI=1S/C3H6ClOSe/c4-1-3(5)2-6/h3,5H,1-2H2/t3-/m0/s1. The van der Waals surface area contributed by atoms with E-state index in [0.717, 1.165) is 0 Å². The molecule has 0 spiro atoms. The van der Waals surface area contributed by atoms with Gasteiger partial charge in [-0.2, -0.15) is 0 Å². The van der Waals surface area contributed by atoms with Gasteiger partial charge in [0.15, 0.2) is 0 Å². The zero-order chi connectivity index (χ0) is 4.99. The fourth-order valence-corrected chi connectivity index (χ4v) is 0.694. The molecule has 1 radical (unpaired) electrons. The van der Waals surface area contributed by atoms with Crippen molar-refractivity contribution >= 4 is 27.6 Å². The molecule has 0 fully saturated rings. The monoisotopic (exact) mass is 173 g/mol. The van der Waals surface area contributed by atoms with Crippen LogP contribution in [0.2, 0.25) is 5.32 Å². The van der Waals surface area contributed by atoms with Gasteiger partial charge in [0.1, 0.15) is 0 Å². The molecular weight excluding hydrogens is 166 g/mol. The van der Waals surface area contributed by atoms with Crippen LogP contribution in [0.25, 0.3) is 0 Å². The van der Waals surface area contributed by atoms with Crippen molar-refractivity contribution in [3.05, 3.63) is 0 Å². The minimum absolute atomic E-state index is 0.326. The summed E-state index contributed by atoms with van der Waals surface area (Å²) in [5.41, 5.74) is 0. The molecule has 0 aliphatic heterocycles. The van der Waals surface area contributed by atoms with Gasteiger partial charge in [-0.1, -0.05) is 0 Å². The predicted octanol–water partition coefficient (Wildman–Crippen LogP) is 0.173. The molecule has 0 aliphatic rings. The summed E-state index contributed by atoms with van der Waals surface area (Å²) in [4.78, 5) is 0. The fourth-order valence-electron chi connectivity index (χ4n) is 0.0445. The Morgan fingerprint density at radius 3 is 2.33 bits per heavy atom. The summed E-state index contributed by atoms with van der Waals surface area (Å²) in [5, 5.41) is 9.13. The van der Waals surface area contributed by atoms with E-state index in [1.807, 2.05) is 0 Å². The molecule has 0 unspecified atom stereocenters. The zero-order valence-electron chi connectivity index (χ0n) is 3.22. The summed E-state index contributed by atoms with van der Waals surface area (Å²) < 4.78 is 0. The number of hydrogen-bond acceptors (Lipinski definition) is 1. The zero-order valence-corrected chi connectivity index (χ0v) is 5.69. The summed E-state index contributed by atoms with van der Waals surface area (Å²) in [6.07, 6.45) is -0.355. The predicted molar refractivity (Wildman–Crippen MR) is 27.3 cm³/mol. The van der Waals surface area contributed by atoms with E-state index in [9.17, 15) is 0 Å². The van der Waals surface area contributed by atoms with Crippen molar-refractivity contribution in [2.45, 2.75) is 11.4 Å². The molecule has 37 valence electrons. The molecule has 0 aliphatic carbocycles. The van der Waals surface area contributed by atoms with Crippen molar-refractivity contribution in [2.24, 2.45) is 0 Å². The molecule has 1 atom stereocenters. The molecule has 0 aromatic rings. The Bertz CT molecular complexity index is 30.0. The van der Waals surface area contributed by atoms with Crippen molar-refractivity contribution < 1.29 is 5.11 Å². The second-order valence-electron chi connectivity index (χ2n) is 0.975. The third-order valence-electron chi connectivity index (χ3n) is 0.371. The first-order valence-corrected chi connectivity index (χ1v) is 3.38.